The number of anilines is 1. The zero-order valence-electron chi connectivity index (χ0n) is 22.4. The zero-order valence-corrected chi connectivity index (χ0v) is 23.2. The Morgan fingerprint density at radius 3 is 2.66 bits per heavy atom. The van der Waals surface area contributed by atoms with Crippen LogP contribution in [-0.2, 0) is 16.0 Å². The van der Waals surface area contributed by atoms with Crippen molar-refractivity contribution in [1.29, 1.82) is 0 Å². The lowest BCUT2D eigenvalue weighted by atomic mass is 9.86. The minimum Gasteiger partial charge on any atom is -0.348 e. The lowest BCUT2D eigenvalue weighted by Crippen LogP contribution is -2.62. The molecule has 4 aliphatic rings. The van der Waals surface area contributed by atoms with Gasteiger partial charge in [0.2, 0.25) is 5.91 Å². The van der Waals surface area contributed by atoms with Crippen molar-refractivity contribution in [2.24, 2.45) is 11.8 Å². The summed E-state index contributed by atoms with van der Waals surface area (Å²) in [6, 6.07) is 1.52. The standard InChI is InChI=1S/C28H38N6O3S/c1-5-22(35)31-18-8-6-7-9-19(18)32-26(36)25-24-23-20(10-11-29-27(23)38-25)34(28(37)33-24)21-14-30-17(12-15(2)3)13-16(21)4/h5,13-15,18-20,23,27,29H,1,6-12H2,2-4H3,(H,31,35)(H,32,36)(H,33,37)/t18-,19-,20?,23?,27?/m1/s1. The Balaban J connectivity index is 1.38. The van der Waals surface area contributed by atoms with E-state index in [0.717, 1.165) is 62.0 Å². The van der Waals surface area contributed by atoms with Gasteiger partial charge in [-0.2, -0.15) is 0 Å². The van der Waals surface area contributed by atoms with Crippen molar-refractivity contribution in [1.82, 2.24) is 26.3 Å². The number of amides is 4. The Morgan fingerprint density at radius 1 is 1.24 bits per heavy atom. The van der Waals surface area contributed by atoms with Crippen LogP contribution in [0.4, 0.5) is 10.5 Å². The van der Waals surface area contributed by atoms with Gasteiger partial charge in [-0.1, -0.05) is 45.0 Å². The van der Waals surface area contributed by atoms with Crippen molar-refractivity contribution < 1.29 is 14.4 Å². The van der Waals surface area contributed by atoms with Crippen molar-refractivity contribution >= 4 is 35.3 Å². The molecule has 0 spiro atoms. The topological polar surface area (TPSA) is 115 Å². The molecule has 10 heteroatoms. The molecule has 1 aromatic rings. The first-order chi connectivity index (χ1) is 18.3. The monoisotopic (exact) mass is 538 g/mol. The van der Waals surface area contributed by atoms with Crippen molar-refractivity contribution in [3.8, 4) is 0 Å². The highest BCUT2D eigenvalue weighted by molar-refractivity contribution is 8.04. The lowest BCUT2D eigenvalue weighted by Gasteiger charge is -2.46. The average molecular weight is 539 g/mol. The third-order valence-electron chi connectivity index (χ3n) is 7.96. The van der Waals surface area contributed by atoms with Crippen LogP contribution in [0.15, 0.2) is 35.5 Å². The Labute approximate surface area is 228 Å². The Kier molecular flexibility index (Phi) is 7.81. The third kappa shape index (κ3) is 5.20. The smallest absolute Gasteiger partial charge is 0.326 e. The van der Waals surface area contributed by atoms with Gasteiger partial charge in [-0.05, 0) is 62.8 Å². The van der Waals surface area contributed by atoms with Gasteiger partial charge in [0.1, 0.15) is 0 Å². The van der Waals surface area contributed by atoms with E-state index < -0.39 is 0 Å². The van der Waals surface area contributed by atoms with Crippen LogP contribution in [0.5, 0.6) is 0 Å². The summed E-state index contributed by atoms with van der Waals surface area (Å²) in [7, 11) is 0. The Hall–Kier alpha value is -2.85. The number of carbonyl (C=O) groups is 3. The zero-order chi connectivity index (χ0) is 27.0. The van der Waals surface area contributed by atoms with Crippen molar-refractivity contribution in [2.75, 3.05) is 11.4 Å². The summed E-state index contributed by atoms with van der Waals surface area (Å²) in [6.07, 6.45) is 8.39. The largest absolute Gasteiger partial charge is 0.348 e. The van der Waals surface area contributed by atoms with Crippen LogP contribution in [-0.4, -0.2) is 52.9 Å². The van der Waals surface area contributed by atoms with E-state index >= 15 is 0 Å². The van der Waals surface area contributed by atoms with E-state index in [-0.39, 0.29) is 47.3 Å². The first-order valence-corrected chi connectivity index (χ1v) is 14.6. The molecule has 9 nitrogen and oxygen atoms in total. The molecule has 38 heavy (non-hydrogen) atoms. The predicted octanol–water partition coefficient (Wildman–Crippen LogP) is 3.11. The normalized spacial score (nSPS) is 28.6. The number of hydrogen-bond acceptors (Lipinski definition) is 6. The first-order valence-electron chi connectivity index (χ1n) is 13.7. The first kappa shape index (κ1) is 26.7. The van der Waals surface area contributed by atoms with Gasteiger partial charge in [0, 0.05) is 29.4 Å². The molecule has 1 aliphatic carbocycles. The van der Waals surface area contributed by atoms with Crippen LogP contribution in [0.2, 0.25) is 0 Å². The molecule has 4 amide bonds. The second kappa shape index (κ2) is 11.1. The average Bonchev–Trinajstić information content (AvgIpc) is 3.25. The summed E-state index contributed by atoms with van der Waals surface area (Å²) in [5.41, 5.74) is 3.59. The lowest BCUT2D eigenvalue weighted by molar-refractivity contribution is -0.120. The second-order valence-corrected chi connectivity index (χ2v) is 12.3. The van der Waals surface area contributed by atoms with Crippen molar-refractivity contribution in [3.05, 3.63) is 46.8 Å². The molecule has 5 atom stereocenters. The fourth-order valence-corrected chi connectivity index (χ4v) is 7.64. The molecule has 1 aromatic heterocycles. The highest BCUT2D eigenvalue weighted by Gasteiger charge is 2.52. The van der Waals surface area contributed by atoms with E-state index in [1.807, 2.05) is 18.0 Å². The Morgan fingerprint density at radius 2 is 1.97 bits per heavy atom. The van der Waals surface area contributed by atoms with Crippen LogP contribution in [0, 0.1) is 18.8 Å². The van der Waals surface area contributed by atoms with Gasteiger partial charge in [-0.3, -0.25) is 19.5 Å². The minimum atomic E-state index is -0.229. The molecule has 3 aliphatic heterocycles. The molecule has 204 valence electrons. The van der Waals surface area contributed by atoms with E-state index in [9.17, 15) is 14.4 Å². The van der Waals surface area contributed by atoms with Crippen molar-refractivity contribution in [3.63, 3.8) is 0 Å². The molecule has 1 saturated carbocycles. The molecular formula is C28H38N6O3S. The number of urea groups is 1. The van der Waals surface area contributed by atoms with Crippen LogP contribution >= 0.6 is 11.8 Å². The Bertz CT molecular complexity index is 1170. The molecule has 2 saturated heterocycles. The summed E-state index contributed by atoms with van der Waals surface area (Å²) in [6.45, 7) is 10.7. The number of carbonyl (C=O) groups excluding carboxylic acids is 3. The summed E-state index contributed by atoms with van der Waals surface area (Å²) in [4.78, 5) is 46.1. The van der Waals surface area contributed by atoms with E-state index in [4.69, 9.17) is 0 Å². The molecule has 5 rings (SSSR count). The molecule has 4 N–H and O–H groups in total. The van der Waals surface area contributed by atoms with E-state index in [0.29, 0.717) is 16.5 Å². The number of thioether (sulfide) groups is 1. The summed E-state index contributed by atoms with van der Waals surface area (Å²) in [5, 5.41) is 12.8. The predicted molar refractivity (Wildman–Crippen MR) is 149 cm³/mol. The maximum absolute atomic E-state index is 13.6. The maximum Gasteiger partial charge on any atom is 0.326 e. The van der Waals surface area contributed by atoms with Gasteiger partial charge in [0.15, 0.2) is 0 Å². The molecule has 0 radical (unpaired) electrons. The van der Waals surface area contributed by atoms with Gasteiger partial charge in [0.25, 0.3) is 5.91 Å². The quantitative estimate of drug-likeness (QED) is 0.397. The van der Waals surface area contributed by atoms with Crippen LogP contribution < -0.4 is 26.2 Å². The fraction of sp³-hybridized carbons (Fsp3) is 0.571. The maximum atomic E-state index is 13.6. The number of rotatable bonds is 7. The molecule has 0 bridgehead atoms. The minimum absolute atomic E-state index is 0.00343. The van der Waals surface area contributed by atoms with Gasteiger partial charge in [-0.15, -0.1) is 0 Å². The summed E-state index contributed by atoms with van der Waals surface area (Å²) >= 11 is 1.50. The molecule has 3 unspecified atom stereocenters. The number of nitrogens with one attached hydrogen (secondary N) is 4. The van der Waals surface area contributed by atoms with Crippen LogP contribution in [0.25, 0.3) is 0 Å². The second-order valence-electron chi connectivity index (χ2n) is 11.2. The SMILES string of the molecule is C=CC(=O)N[C@@H]1CCCC[C@H]1NC(=O)C1=C2NC(=O)N(c3cnc(CC(C)C)cc3C)C3CCNC(S1)C23. The number of pyridine rings is 1. The highest BCUT2D eigenvalue weighted by atomic mass is 32.2. The van der Waals surface area contributed by atoms with Gasteiger partial charge in [0.05, 0.1) is 28.2 Å². The van der Waals surface area contributed by atoms with Gasteiger partial charge in [-0.25, -0.2) is 4.79 Å². The molecule has 0 aromatic carbocycles. The van der Waals surface area contributed by atoms with Gasteiger partial charge < -0.3 is 21.3 Å². The van der Waals surface area contributed by atoms with Gasteiger partial charge >= 0.3 is 6.03 Å². The number of hydrogen-bond donors (Lipinski definition) is 4. The van der Waals surface area contributed by atoms with E-state index in [1.54, 1.807) is 0 Å². The van der Waals surface area contributed by atoms with E-state index in [2.05, 4.69) is 52.7 Å². The van der Waals surface area contributed by atoms with Crippen molar-refractivity contribution in [2.45, 2.75) is 82.8 Å². The molecular weight excluding hydrogens is 500 g/mol. The number of nitrogens with zero attached hydrogens (tertiary/aromatic N) is 2. The van der Waals surface area contributed by atoms with Crippen LogP contribution in [0.3, 0.4) is 0 Å². The molecule has 4 heterocycles. The fourth-order valence-electron chi connectivity index (χ4n) is 6.24. The van der Waals surface area contributed by atoms with Crippen LogP contribution in [0.1, 0.15) is 57.2 Å². The number of aromatic nitrogens is 1. The number of aryl methyl sites for hydroxylation is 1. The third-order valence-corrected chi connectivity index (χ3v) is 9.31. The summed E-state index contributed by atoms with van der Waals surface area (Å²) in [5.74, 6) is 0.0678. The number of piperidine rings is 1. The highest BCUT2D eigenvalue weighted by Crippen LogP contribution is 2.48. The molecule has 3 fully saturated rings. The van der Waals surface area contributed by atoms with E-state index in [1.165, 1.54) is 17.8 Å². The summed E-state index contributed by atoms with van der Waals surface area (Å²) < 4.78 is 0.